The molecule has 0 radical (unpaired) electrons. The number of benzene rings is 2. The Hall–Kier alpha value is -1.61. The van der Waals surface area contributed by atoms with Crippen LogP contribution in [0.3, 0.4) is 0 Å². The third kappa shape index (κ3) is 6.79. The zero-order valence-corrected chi connectivity index (χ0v) is 22.0. The number of halogens is 4. The lowest BCUT2D eigenvalue weighted by atomic mass is 9.94. The van der Waals surface area contributed by atoms with Crippen LogP contribution in [0, 0.1) is 26.9 Å². The number of nitrogens with one attached hydrogen (secondary N) is 2. The molecule has 2 aliphatic heterocycles. The monoisotopic (exact) mass is 624 g/mol. The summed E-state index contributed by atoms with van der Waals surface area (Å²) in [7, 11) is -4.02. The number of morpholine rings is 1. The van der Waals surface area contributed by atoms with Gasteiger partial charge in [0.05, 0.1) is 24.6 Å². The molecule has 12 heteroatoms. The average molecular weight is 624 g/mol. The van der Waals surface area contributed by atoms with Gasteiger partial charge in [0.25, 0.3) is 0 Å². The van der Waals surface area contributed by atoms with Crippen molar-refractivity contribution in [2.75, 3.05) is 56.0 Å². The molecule has 2 saturated heterocycles. The van der Waals surface area contributed by atoms with Gasteiger partial charge >= 0.3 is 10.2 Å². The average Bonchev–Trinajstić information content (AvgIpc) is 2.84. The lowest BCUT2D eigenvalue weighted by Gasteiger charge is -2.33. The van der Waals surface area contributed by atoms with Crippen LogP contribution >= 0.6 is 22.6 Å². The highest BCUT2D eigenvalue weighted by atomic mass is 127. The number of hydrogen-bond acceptors (Lipinski definition) is 5. The van der Waals surface area contributed by atoms with E-state index in [4.69, 9.17) is 4.74 Å². The molecule has 2 aliphatic rings. The van der Waals surface area contributed by atoms with Crippen molar-refractivity contribution in [3.05, 3.63) is 51.4 Å². The van der Waals surface area contributed by atoms with Crippen LogP contribution in [0.2, 0.25) is 0 Å². The molecular weight excluding hydrogens is 596 g/mol. The predicted octanol–water partition coefficient (Wildman–Crippen LogP) is 4.54. The maximum atomic E-state index is 14.6. The van der Waals surface area contributed by atoms with Crippen LogP contribution in [-0.2, 0) is 14.9 Å². The Morgan fingerprint density at radius 2 is 1.66 bits per heavy atom. The summed E-state index contributed by atoms with van der Waals surface area (Å²) in [5.41, 5.74) is -0.776. The molecule has 2 aromatic rings. The van der Waals surface area contributed by atoms with Crippen molar-refractivity contribution in [1.29, 1.82) is 0 Å². The summed E-state index contributed by atoms with van der Waals surface area (Å²) in [5, 5.41) is 2.51. The van der Waals surface area contributed by atoms with Gasteiger partial charge in [-0.2, -0.15) is 12.7 Å². The highest BCUT2D eigenvalue weighted by Crippen LogP contribution is 2.33. The normalized spacial score (nSPS) is 18.5. The van der Waals surface area contributed by atoms with Crippen LogP contribution in [0.15, 0.2) is 30.3 Å². The number of ether oxygens (including phenoxy) is 1. The van der Waals surface area contributed by atoms with E-state index >= 15 is 0 Å². The topological polar surface area (TPSA) is 73.9 Å². The van der Waals surface area contributed by atoms with E-state index in [2.05, 4.69) is 14.9 Å². The minimum Gasteiger partial charge on any atom is -0.379 e. The zero-order valence-electron chi connectivity index (χ0n) is 19.1. The van der Waals surface area contributed by atoms with E-state index in [0.29, 0.717) is 22.6 Å². The fourth-order valence-electron chi connectivity index (χ4n) is 4.32. The minimum absolute atomic E-state index is 0.101. The van der Waals surface area contributed by atoms with Gasteiger partial charge in [0.1, 0.15) is 11.5 Å². The fourth-order valence-corrected chi connectivity index (χ4v) is 6.04. The van der Waals surface area contributed by atoms with Gasteiger partial charge in [-0.3, -0.25) is 9.62 Å². The summed E-state index contributed by atoms with van der Waals surface area (Å²) >= 11 is 1.93. The van der Waals surface area contributed by atoms with Gasteiger partial charge in [-0.05, 0) is 84.6 Å². The standard InChI is InChI=1S/C23H28F3IN4O3S/c24-18-2-4-21(23(22(18)26)28-20-3-1-17(27)15-19(20)25)29-35(32,33)31-9-6-16(7-10-31)5-8-30-11-13-34-14-12-30/h1-4,15-16,28-29H,5-14H2. The Labute approximate surface area is 217 Å². The van der Waals surface area contributed by atoms with Crippen LogP contribution < -0.4 is 10.0 Å². The molecule has 0 spiro atoms. The fraction of sp³-hybridized carbons (Fsp3) is 0.478. The van der Waals surface area contributed by atoms with Crippen molar-refractivity contribution < 1.29 is 26.3 Å². The lowest BCUT2D eigenvalue weighted by molar-refractivity contribution is 0.0343. The summed E-state index contributed by atoms with van der Waals surface area (Å²) in [6, 6.07) is 6.16. The molecule has 2 aromatic carbocycles. The predicted molar refractivity (Wildman–Crippen MR) is 137 cm³/mol. The summed E-state index contributed by atoms with van der Waals surface area (Å²) in [6.45, 7) is 4.99. The Morgan fingerprint density at radius 1 is 0.971 bits per heavy atom. The quantitative estimate of drug-likeness (QED) is 0.422. The van der Waals surface area contributed by atoms with Gasteiger partial charge in [-0.15, -0.1) is 0 Å². The first kappa shape index (κ1) is 26.5. The van der Waals surface area contributed by atoms with Crippen molar-refractivity contribution in [1.82, 2.24) is 9.21 Å². The third-order valence-electron chi connectivity index (χ3n) is 6.40. The van der Waals surface area contributed by atoms with Gasteiger partial charge in [-0.1, -0.05) is 0 Å². The molecule has 0 atom stereocenters. The lowest BCUT2D eigenvalue weighted by Crippen LogP contribution is -2.42. The minimum atomic E-state index is -4.02. The van der Waals surface area contributed by atoms with E-state index in [9.17, 15) is 21.6 Å². The van der Waals surface area contributed by atoms with Gasteiger partial charge < -0.3 is 10.1 Å². The first-order valence-electron chi connectivity index (χ1n) is 11.5. The van der Waals surface area contributed by atoms with Crippen molar-refractivity contribution in [3.8, 4) is 0 Å². The second-order valence-electron chi connectivity index (χ2n) is 8.73. The third-order valence-corrected chi connectivity index (χ3v) is 8.59. The molecule has 4 rings (SSSR count). The van der Waals surface area contributed by atoms with Crippen LogP contribution in [0.25, 0.3) is 0 Å². The maximum absolute atomic E-state index is 14.6. The SMILES string of the molecule is O=S(=O)(Nc1ccc(F)c(F)c1Nc1ccc(I)cc1F)N1CCC(CCN2CCOCC2)CC1. The summed E-state index contributed by atoms with van der Waals surface area (Å²) in [4.78, 5) is 2.36. The van der Waals surface area contributed by atoms with Gasteiger partial charge in [-0.25, -0.2) is 13.2 Å². The number of rotatable bonds is 8. The molecule has 0 aliphatic carbocycles. The number of hydrogen-bond donors (Lipinski definition) is 2. The Balaban J connectivity index is 1.41. The van der Waals surface area contributed by atoms with Gasteiger partial charge in [0.15, 0.2) is 11.6 Å². The van der Waals surface area contributed by atoms with E-state index in [1.165, 1.54) is 16.4 Å². The molecule has 2 heterocycles. The Bertz CT molecular complexity index is 1140. The molecule has 2 fully saturated rings. The van der Waals surface area contributed by atoms with Crippen molar-refractivity contribution in [2.24, 2.45) is 5.92 Å². The molecule has 0 amide bonds. The molecule has 0 unspecified atom stereocenters. The van der Waals surface area contributed by atoms with E-state index < -0.39 is 33.3 Å². The van der Waals surface area contributed by atoms with E-state index in [1.54, 1.807) is 6.07 Å². The highest BCUT2D eigenvalue weighted by molar-refractivity contribution is 14.1. The van der Waals surface area contributed by atoms with Crippen LogP contribution in [0.1, 0.15) is 19.3 Å². The number of anilines is 3. The summed E-state index contributed by atoms with van der Waals surface area (Å²) in [5.74, 6) is -2.73. The highest BCUT2D eigenvalue weighted by Gasteiger charge is 2.29. The number of piperidine rings is 1. The summed E-state index contributed by atoms with van der Waals surface area (Å²) in [6.07, 6.45) is 2.45. The van der Waals surface area contributed by atoms with Crippen molar-refractivity contribution in [2.45, 2.75) is 19.3 Å². The Morgan fingerprint density at radius 3 is 2.34 bits per heavy atom. The van der Waals surface area contributed by atoms with Gasteiger partial charge in [0.2, 0.25) is 0 Å². The molecule has 0 saturated carbocycles. The largest absolute Gasteiger partial charge is 0.379 e. The molecular formula is C23H28F3IN4O3S. The second-order valence-corrected chi connectivity index (χ2v) is 11.6. The Kier molecular flexibility index (Phi) is 8.79. The molecule has 2 N–H and O–H groups in total. The zero-order chi connectivity index (χ0) is 25.0. The van der Waals surface area contributed by atoms with Crippen LogP contribution in [0.4, 0.5) is 30.2 Å². The smallest absolute Gasteiger partial charge is 0.301 e. The van der Waals surface area contributed by atoms with Crippen molar-refractivity contribution >= 4 is 49.9 Å². The number of nitrogens with zero attached hydrogens (tertiary/aromatic N) is 2. The first-order valence-corrected chi connectivity index (χ1v) is 14.0. The van der Waals surface area contributed by atoms with Gasteiger partial charge in [0, 0.05) is 29.7 Å². The van der Waals surface area contributed by atoms with Crippen molar-refractivity contribution in [3.63, 3.8) is 0 Å². The molecule has 35 heavy (non-hydrogen) atoms. The van der Waals surface area contributed by atoms with Crippen LogP contribution in [-0.4, -0.2) is 63.6 Å². The van der Waals surface area contributed by atoms with E-state index in [1.807, 2.05) is 22.6 Å². The molecule has 192 valence electrons. The summed E-state index contributed by atoms with van der Waals surface area (Å²) < 4.78 is 78.7. The maximum Gasteiger partial charge on any atom is 0.301 e. The molecule has 0 bridgehead atoms. The molecule has 7 nitrogen and oxygen atoms in total. The van der Waals surface area contributed by atoms with Crippen LogP contribution in [0.5, 0.6) is 0 Å². The van der Waals surface area contributed by atoms with E-state index in [0.717, 1.165) is 64.2 Å². The second kappa shape index (κ2) is 11.6. The first-order chi connectivity index (χ1) is 16.7. The molecule has 0 aromatic heterocycles. The van der Waals surface area contributed by atoms with E-state index in [-0.39, 0.29) is 11.4 Å².